The fraction of sp³-hybridized carbons (Fsp3) is 0.296. The van der Waals surface area contributed by atoms with E-state index in [4.69, 9.17) is 4.74 Å². The lowest BCUT2D eigenvalue weighted by Crippen LogP contribution is -2.36. The Balaban J connectivity index is 1.25. The lowest BCUT2D eigenvalue weighted by atomic mass is 10.0. The zero-order valence-corrected chi connectivity index (χ0v) is 18.7. The number of likely N-dealkylation sites (tertiary alicyclic amines) is 1. The van der Waals surface area contributed by atoms with E-state index in [1.807, 2.05) is 34.9 Å². The fourth-order valence-electron chi connectivity index (χ4n) is 4.82. The van der Waals surface area contributed by atoms with Crippen molar-refractivity contribution in [3.63, 3.8) is 0 Å². The van der Waals surface area contributed by atoms with Crippen molar-refractivity contribution in [2.75, 3.05) is 13.1 Å². The third-order valence-electron chi connectivity index (χ3n) is 6.48. The molecule has 4 aromatic rings. The second-order valence-corrected chi connectivity index (χ2v) is 8.80. The number of hydrogen-bond donors (Lipinski definition) is 1. The lowest BCUT2D eigenvalue weighted by molar-refractivity contribution is 0.180. The summed E-state index contributed by atoms with van der Waals surface area (Å²) in [5.74, 6) is 1.81. The van der Waals surface area contributed by atoms with Gasteiger partial charge >= 0.3 is 5.69 Å². The molecule has 0 aliphatic carbocycles. The Morgan fingerprint density at radius 3 is 2.44 bits per heavy atom. The molecule has 0 unspecified atom stereocenters. The van der Waals surface area contributed by atoms with E-state index in [0.717, 1.165) is 66.1 Å². The van der Waals surface area contributed by atoms with Gasteiger partial charge in [0.1, 0.15) is 11.5 Å². The third-order valence-corrected chi connectivity index (χ3v) is 6.48. The van der Waals surface area contributed by atoms with Crippen molar-refractivity contribution in [1.82, 2.24) is 14.5 Å². The molecule has 2 heterocycles. The number of ether oxygens (including phenoxy) is 1. The summed E-state index contributed by atoms with van der Waals surface area (Å²) >= 11 is 0. The average Bonchev–Trinajstić information content (AvgIpc) is 3.13. The molecule has 1 saturated heterocycles. The van der Waals surface area contributed by atoms with Crippen molar-refractivity contribution < 1.29 is 4.74 Å². The van der Waals surface area contributed by atoms with Crippen molar-refractivity contribution in [2.24, 2.45) is 0 Å². The molecule has 5 nitrogen and oxygen atoms in total. The van der Waals surface area contributed by atoms with Gasteiger partial charge in [-0.2, -0.15) is 0 Å². The number of benzene rings is 3. The van der Waals surface area contributed by atoms with Gasteiger partial charge in [0.15, 0.2) is 0 Å². The molecule has 5 rings (SSSR count). The first kappa shape index (κ1) is 20.6. The average molecular weight is 428 g/mol. The molecular weight excluding hydrogens is 398 g/mol. The molecule has 164 valence electrons. The first-order valence-corrected chi connectivity index (χ1v) is 11.3. The highest BCUT2D eigenvalue weighted by molar-refractivity contribution is 5.75. The molecule has 5 heteroatoms. The Morgan fingerprint density at radius 1 is 0.938 bits per heavy atom. The van der Waals surface area contributed by atoms with Crippen LogP contribution in [0.5, 0.6) is 11.5 Å². The minimum Gasteiger partial charge on any atom is -0.457 e. The second kappa shape index (κ2) is 8.67. The van der Waals surface area contributed by atoms with Gasteiger partial charge in [-0.25, -0.2) is 4.79 Å². The van der Waals surface area contributed by atoms with Gasteiger partial charge < -0.3 is 9.72 Å². The van der Waals surface area contributed by atoms with E-state index in [9.17, 15) is 4.79 Å². The van der Waals surface area contributed by atoms with Crippen LogP contribution in [0.3, 0.4) is 0 Å². The minimum absolute atomic E-state index is 0.000925. The van der Waals surface area contributed by atoms with Crippen molar-refractivity contribution in [1.29, 1.82) is 0 Å². The molecule has 1 N–H and O–H groups in total. The topological polar surface area (TPSA) is 50.3 Å². The lowest BCUT2D eigenvalue weighted by Gasteiger charge is -2.32. The van der Waals surface area contributed by atoms with Crippen LogP contribution in [0.4, 0.5) is 0 Å². The molecule has 0 radical (unpaired) electrons. The highest BCUT2D eigenvalue weighted by Gasteiger charge is 2.23. The van der Waals surface area contributed by atoms with Crippen LogP contribution in [0.1, 0.15) is 35.6 Å². The van der Waals surface area contributed by atoms with Crippen LogP contribution in [0, 0.1) is 13.8 Å². The SMILES string of the molecule is Cc1cccc(C)c1Oc1cccc(CN2CCC(n3c(=O)[nH]c4ccccc43)CC2)c1. The predicted molar refractivity (Wildman–Crippen MR) is 129 cm³/mol. The monoisotopic (exact) mass is 427 g/mol. The van der Waals surface area contributed by atoms with E-state index in [2.05, 4.69) is 60.1 Å². The van der Waals surface area contributed by atoms with E-state index in [1.54, 1.807) is 0 Å². The summed E-state index contributed by atoms with van der Waals surface area (Å²) in [6.07, 6.45) is 1.95. The van der Waals surface area contributed by atoms with Gasteiger partial charge in [-0.1, -0.05) is 42.5 Å². The predicted octanol–water partition coefficient (Wildman–Crippen LogP) is 5.58. The van der Waals surface area contributed by atoms with Crippen LogP contribution >= 0.6 is 0 Å². The largest absolute Gasteiger partial charge is 0.457 e. The van der Waals surface area contributed by atoms with Gasteiger partial charge in [0.25, 0.3) is 0 Å². The van der Waals surface area contributed by atoms with E-state index in [0.29, 0.717) is 0 Å². The van der Waals surface area contributed by atoms with Gasteiger partial charge in [-0.15, -0.1) is 0 Å². The molecule has 1 aliphatic heterocycles. The summed E-state index contributed by atoms with van der Waals surface area (Å²) in [4.78, 5) is 18.0. The van der Waals surface area contributed by atoms with Crippen LogP contribution in [0.2, 0.25) is 0 Å². The first-order chi connectivity index (χ1) is 15.6. The van der Waals surface area contributed by atoms with Gasteiger partial charge in [0.05, 0.1) is 11.0 Å². The maximum Gasteiger partial charge on any atom is 0.326 e. The molecule has 32 heavy (non-hydrogen) atoms. The standard InChI is InChI=1S/C27H29N3O2/c1-19-7-5-8-20(2)26(19)32-23-10-6-9-21(17-23)18-29-15-13-22(14-16-29)30-25-12-4-3-11-24(25)28-27(30)31/h3-12,17,22H,13-16,18H2,1-2H3,(H,28,31). The van der Waals surface area contributed by atoms with E-state index in [-0.39, 0.29) is 11.7 Å². The van der Waals surface area contributed by atoms with Gasteiger partial charge in [-0.3, -0.25) is 9.47 Å². The number of piperidine rings is 1. The molecule has 0 atom stereocenters. The summed E-state index contributed by atoms with van der Waals surface area (Å²) in [6, 6.07) is 22.8. The number of para-hydroxylation sites is 3. The maximum absolute atomic E-state index is 12.5. The zero-order valence-electron chi connectivity index (χ0n) is 18.7. The molecular formula is C27H29N3O2. The Morgan fingerprint density at radius 2 is 1.66 bits per heavy atom. The highest BCUT2D eigenvalue weighted by atomic mass is 16.5. The summed E-state index contributed by atoms with van der Waals surface area (Å²) in [5, 5.41) is 0. The van der Waals surface area contributed by atoms with E-state index >= 15 is 0 Å². The van der Waals surface area contributed by atoms with Crippen LogP contribution in [-0.2, 0) is 6.54 Å². The number of imidazole rings is 1. The number of nitrogens with zero attached hydrogens (tertiary/aromatic N) is 2. The molecule has 1 fully saturated rings. The third kappa shape index (κ3) is 4.08. The zero-order chi connectivity index (χ0) is 22.1. The normalized spacial score (nSPS) is 15.3. The van der Waals surface area contributed by atoms with Crippen LogP contribution in [-0.4, -0.2) is 27.5 Å². The van der Waals surface area contributed by atoms with Gasteiger partial charge in [0.2, 0.25) is 0 Å². The number of rotatable bonds is 5. The van der Waals surface area contributed by atoms with Crippen molar-refractivity contribution in [3.05, 3.63) is 93.9 Å². The molecule has 0 saturated carbocycles. The number of aromatic nitrogens is 2. The van der Waals surface area contributed by atoms with Gasteiger partial charge in [-0.05, 0) is 67.6 Å². The first-order valence-electron chi connectivity index (χ1n) is 11.3. The maximum atomic E-state index is 12.5. The Labute approximate surface area is 188 Å². The fourth-order valence-corrected chi connectivity index (χ4v) is 4.82. The molecule has 1 aromatic heterocycles. The number of nitrogens with one attached hydrogen (secondary N) is 1. The van der Waals surface area contributed by atoms with Crippen LogP contribution in [0.15, 0.2) is 71.5 Å². The second-order valence-electron chi connectivity index (χ2n) is 8.80. The number of H-pyrrole nitrogens is 1. The summed E-state index contributed by atoms with van der Waals surface area (Å²) < 4.78 is 8.18. The highest BCUT2D eigenvalue weighted by Crippen LogP contribution is 2.30. The van der Waals surface area contributed by atoms with E-state index < -0.39 is 0 Å². The van der Waals surface area contributed by atoms with Crippen LogP contribution < -0.4 is 10.4 Å². The summed E-state index contributed by atoms with van der Waals surface area (Å²) in [7, 11) is 0. The quantitative estimate of drug-likeness (QED) is 0.453. The number of aromatic amines is 1. The molecule has 1 aliphatic rings. The number of hydrogen-bond acceptors (Lipinski definition) is 3. The van der Waals surface area contributed by atoms with Crippen LogP contribution in [0.25, 0.3) is 11.0 Å². The summed E-state index contributed by atoms with van der Waals surface area (Å²) in [5.41, 5.74) is 5.46. The molecule has 0 spiro atoms. The molecule has 0 amide bonds. The van der Waals surface area contributed by atoms with Crippen molar-refractivity contribution in [2.45, 2.75) is 39.3 Å². The number of aryl methyl sites for hydroxylation is 2. The smallest absolute Gasteiger partial charge is 0.326 e. The Kier molecular flexibility index (Phi) is 5.58. The van der Waals surface area contributed by atoms with Crippen molar-refractivity contribution >= 4 is 11.0 Å². The molecule has 3 aromatic carbocycles. The molecule has 0 bridgehead atoms. The number of fused-ring (bicyclic) bond motifs is 1. The Hall–Kier alpha value is -3.31. The Bertz CT molecular complexity index is 1280. The van der Waals surface area contributed by atoms with E-state index in [1.165, 1.54) is 5.56 Å². The minimum atomic E-state index is 0.000925. The summed E-state index contributed by atoms with van der Waals surface area (Å²) in [6.45, 7) is 6.99. The van der Waals surface area contributed by atoms with Gasteiger partial charge in [0, 0.05) is 25.7 Å². The van der Waals surface area contributed by atoms with Crippen molar-refractivity contribution in [3.8, 4) is 11.5 Å².